The van der Waals surface area contributed by atoms with Crippen LogP contribution in [0, 0.1) is 17.8 Å². The van der Waals surface area contributed by atoms with Crippen LogP contribution in [0.1, 0.15) is 77.0 Å². The number of esters is 1. The number of epoxide rings is 1. The zero-order chi connectivity index (χ0) is 14.3. The van der Waals surface area contributed by atoms with Crippen molar-refractivity contribution in [1.82, 2.24) is 0 Å². The molecule has 3 atom stereocenters. The summed E-state index contributed by atoms with van der Waals surface area (Å²) in [6.07, 6.45) is 15.8. The molecular weight excluding hydrogens is 264 g/mol. The Kier molecular flexibility index (Phi) is 3.72. The lowest BCUT2D eigenvalue weighted by Crippen LogP contribution is -2.51. The molecule has 0 aromatic rings. The van der Waals surface area contributed by atoms with Crippen molar-refractivity contribution in [2.24, 2.45) is 17.8 Å². The van der Waals surface area contributed by atoms with Crippen molar-refractivity contribution in [1.29, 1.82) is 0 Å². The first-order chi connectivity index (χ1) is 10.3. The first-order valence-corrected chi connectivity index (χ1v) is 9.18. The Hall–Kier alpha value is -0.570. The molecule has 3 heteroatoms. The van der Waals surface area contributed by atoms with Gasteiger partial charge in [-0.05, 0) is 24.7 Å². The number of hydrogen-bond donors (Lipinski definition) is 0. The van der Waals surface area contributed by atoms with Crippen molar-refractivity contribution in [3.8, 4) is 0 Å². The highest BCUT2D eigenvalue weighted by atomic mass is 16.8. The van der Waals surface area contributed by atoms with E-state index in [1.807, 2.05) is 0 Å². The van der Waals surface area contributed by atoms with E-state index >= 15 is 0 Å². The van der Waals surface area contributed by atoms with Crippen LogP contribution in [0.25, 0.3) is 0 Å². The molecule has 4 rings (SSSR count). The molecule has 0 radical (unpaired) electrons. The van der Waals surface area contributed by atoms with E-state index in [1.54, 1.807) is 0 Å². The predicted molar refractivity (Wildman–Crippen MR) is 79.6 cm³/mol. The van der Waals surface area contributed by atoms with E-state index in [-0.39, 0.29) is 18.0 Å². The quantitative estimate of drug-likeness (QED) is 0.576. The van der Waals surface area contributed by atoms with Crippen LogP contribution >= 0.6 is 0 Å². The minimum absolute atomic E-state index is 0.00622. The van der Waals surface area contributed by atoms with Gasteiger partial charge >= 0.3 is 5.97 Å². The second-order valence-corrected chi connectivity index (χ2v) is 7.78. The zero-order valence-corrected chi connectivity index (χ0v) is 13.0. The van der Waals surface area contributed by atoms with Crippen molar-refractivity contribution in [3.63, 3.8) is 0 Å². The van der Waals surface area contributed by atoms with E-state index < -0.39 is 5.79 Å². The Labute approximate surface area is 127 Å². The van der Waals surface area contributed by atoms with Gasteiger partial charge in [-0.2, -0.15) is 0 Å². The van der Waals surface area contributed by atoms with Gasteiger partial charge in [0, 0.05) is 0 Å². The Morgan fingerprint density at radius 3 is 2.00 bits per heavy atom. The van der Waals surface area contributed by atoms with Crippen molar-refractivity contribution < 1.29 is 14.3 Å². The SMILES string of the molecule is O=C1O[C@@]2(O[C@@H]2CC2CCCCC2)[C@@H]1CC1CCCCC1. The Balaban J connectivity index is 1.31. The van der Waals surface area contributed by atoms with E-state index in [4.69, 9.17) is 9.47 Å². The molecule has 0 bridgehead atoms. The molecule has 4 aliphatic rings. The molecule has 118 valence electrons. The molecule has 0 aromatic heterocycles. The predicted octanol–water partition coefficient (Wildman–Crippen LogP) is 4.20. The van der Waals surface area contributed by atoms with E-state index in [9.17, 15) is 4.79 Å². The molecule has 0 N–H and O–H groups in total. The number of rotatable bonds is 4. The molecule has 21 heavy (non-hydrogen) atoms. The van der Waals surface area contributed by atoms with Gasteiger partial charge in [0.25, 0.3) is 5.79 Å². The fourth-order valence-corrected chi connectivity index (χ4v) is 4.94. The van der Waals surface area contributed by atoms with Crippen molar-refractivity contribution in [2.75, 3.05) is 0 Å². The summed E-state index contributed by atoms with van der Waals surface area (Å²) in [6, 6.07) is 0. The van der Waals surface area contributed by atoms with Crippen LogP contribution in [0.15, 0.2) is 0 Å². The van der Waals surface area contributed by atoms with Gasteiger partial charge in [-0.1, -0.05) is 64.2 Å². The van der Waals surface area contributed by atoms with Crippen LogP contribution < -0.4 is 0 Å². The lowest BCUT2D eigenvalue weighted by Gasteiger charge is -2.36. The third-order valence-corrected chi connectivity index (χ3v) is 6.31. The molecule has 2 aliphatic carbocycles. The molecule has 1 spiro atoms. The second-order valence-electron chi connectivity index (χ2n) is 7.78. The van der Waals surface area contributed by atoms with E-state index in [1.165, 1.54) is 64.2 Å². The molecule has 2 saturated heterocycles. The van der Waals surface area contributed by atoms with Crippen LogP contribution in [-0.2, 0) is 14.3 Å². The van der Waals surface area contributed by atoms with Crippen LogP contribution in [0.5, 0.6) is 0 Å². The highest BCUT2D eigenvalue weighted by Crippen LogP contribution is 2.57. The maximum absolute atomic E-state index is 11.9. The molecule has 0 unspecified atom stereocenters. The molecule has 2 heterocycles. The molecular formula is C18H28O3. The van der Waals surface area contributed by atoms with Crippen molar-refractivity contribution in [2.45, 2.75) is 88.9 Å². The summed E-state index contributed by atoms with van der Waals surface area (Å²) in [4.78, 5) is 11.9. The largest absolute Gasteiger partial charge is 0.429 e. The molecule has 0 aromatic carbocycles. The fourth-order valence-electron chi connectivity index (χ4n) is 4.94. The van der Waals surface area contributed by atoms with Crippen molar-refractivity contribution >= 4 is 5.97 Å². The maximum atomic E-state index is 11.9. The van der Waals surface area contributed by atoms with Gasteiger partial charge in [0.05, 0.1) is 0 Å². The smallest absolute Gasteiger partial charge is 0.318 e. The Bertz CT molecular complexity index is 395. The summed E-state index contributed by atoms with van der Waals surface area (Å²) >= 11 is 0. The average molecular weight is 292 g/mol. The maximum Gasteiger partial charge on any atom is 0.318 e. The topological polar surface area (TPSA) is 38.8 Å². The molecule has 4 fully saturated rings. The highest BCUT2D eigenvalue weighted by molar-refractivity contribution is 5.81. The first-order valence-electron chi connectivity index (χ1n) is 9.18. The van der Waals surface area contributed by atoms with Gasteiger partial charge in [0.2, 0.25) is 0 Å². The fraction of sp³-hybridized carbons (Fsp3) is 0.944. The van der Waals surface area contributed by atoms with Crippen LogP contribution in [0.4, 0.5) is 0 Å². The Morgan fingerprint density at radius 2 is 1.43 bits per heavy atom. The van der Waals surface area contributed by atoms with Crippen LogP contribution in [0.2, 0.25) is 0 Å². The van der Waals surface area contributed by atoms with Gasteiger partial charge in [-0.3, -0.25) is 4.79 Å². The monoisotopic (exact) mass is 292 g/mol. The standard InChI is InChI=1S/C18H28O3/c19-17-15(11-13-7-3-1-4-8-13)18(21-17)16(20-18)12-14-9-5-2-6-10-14/h13-16H,1-12H2/t15-,16-,18+/m1/s1. The minimum atomic E-state index is -0.466. The van der Waals surface area contributed by atoms with E-state index in [0.717, 1.165) is 24.7 Å². The lowest BCUT2D eigenvalue weighted by molar-refractivity contribution is -0.212. The first kappa shape index (κ1) is 14.0. The molecule has 2 saturated carbocycles. The van der Waals surface area contributed by atoms with Gasteiger partial charge in [0.1, 0.15) is 12.0 Å². The number of hydrogen-bond acceptors (Lipinski definition) is 3. The third-order valence-electron chi connectivity index (χ3n) is 6.31. The van der Waals surface area contributed by atoms with Crippen LogP contribution in [-0.4, -0.2) is 17.9 Å². The second kappa shape index (κ2) is 5.57. The minimum Gasteiger partial charge on any atom is -0.429 e. The number of carbonyl (C=O) groups excluding carboxylic acids is 1. The lowest BCUT2D eigenvalue weighted by atomic mass is 9.77. The van der Waals surface area contributed by atoms with Crippen LogP contribution in [0.3, 0.4) is 0 Å². The average Bonchev–Trinajstić information content (AvgIpc) is 3.22. The van der Waals surface area contributed by atoms with Gasteiger partial charge in [-0.15, -0.1) is 0 Å². The number of carbonyl (C=O) groups is 1. The zero-order valence-electron chi connectivity index (χ0n) is 13.0. The summed E-state index contributed by atoms with van der Waals surface area (Å²) in [5.41, 5.74) is 0. The van der Waals surface area contributed by atoms with E-state index in [0.29, 0.717) is 0 Å². The molecule has 0 amide bonds. The molecule has 3 nitrogen and oxygen atoms in total. The summed E-state index contributed by atoms with van der Waals surface area (Å²) in [6.45, 7) is 0. The van der Waals surface area contributed by atoms with Gasteiger partial charge in [-0.25, -0.2) is 0 Å². The number of ether oxygens (including phenoxy) is 2. The molecule has 2 aliphatic heterocycles. The third kappa shape index (κ3) is 2.62. The van der Waals surface area contributed by atoms with Crippen molar-refractivity contribution in [3.05, 3.63) is 0 Å². The summed E-state index contributed by atoms with van der Waals surface area (Å²) in [5, 5.41) is 0. The summed E-state index contributed by atoms with van der Waals surface area (Å²) < 4.78 is 11.4. The Morgan fingerprint density at radius 1 is 0.857 bits per heavy atom. The van der Waals surface area contributed by atoms with Gasteiger partial charge < -0.3 is 9.47 Å². The summed E-state index contributed by atoms with van der Waals surface area (Å²) in [7, 11) is 0. The normalized spacial score (nSPS) is 40.9. The van der Waals surface area contributed by atoms with E-state index in [2.05, 4.69) is 0 Å². The highest BCUT2D eigenvalue weighted by Gasteiger charge is 2.74. The van der Waals surface area contributed by atoms with Gasteiger partial charge in [0.15, 0.2) is 0 Å². The summed E-state index contributed by atoms with van der Waals surface area (Å²) in [5.74, 6) is 1.12.